The highest BCUT2D eigenvalue weighted by Crippen LogP contribution is 2.33. The molecule has 19 heavy (non-hydrogen) atoms. The van der Waals surface area contributed by atoms with Gasteiger partial charge in [0.05, 0.1) is 18.1 Å². The van der Waals surface area contributed by atoms with Crippen molar-refractivity contribution in [3.8, 4) is 0 Å². The lowest BCUT2D eigenvalue weighted by atomic mass is 9.88. The van der Waals surface area contributed by atoms with Crippen molar-refractivity contribution in [3.63, 3.8) is 0 Å². The molecule has 110 valence electrons. The van der Waals surface area contributed by atoms with Crippen LogP contribution in [-0.2, 0) is 9.53 Å². The van der Waals surface area contributed by atoms with Crippen LogP contribution >= 0.6 is 0 Å². The van der Waals surface area contributed by atoms with E-state index < -0.39 is 0 Å². The van der Waals surface area contributed by atoms with E-state index in [4.69, 9.17) is 4.74 Å². The van der Waals surface area contributed by atoms with Gasteiger partial charge in [0.2, 0.25) is 5.91 Å². The fourth-order valence-corrected chi connectivity index (χ4v) is 3.46. The Bertz CT molecular complexity index is 315. The van der Waals surface area contributed by atoms with Crippen molar-refractivity contribution in [2.45, 2.75) is 58.8 Å². The van der Waals surface area contributed by atoms with Crippen LogP contribution in [0.3, 0.4) is 0 Å². The zero-order valence-corrected chi connectivity index (χ0v) is 12.7. The number of carbonyl (C=O) groups excluding carboxylic acids is 1. The Morgan fingerprint density at radius 2 is 2.05 bits per heavy atom. The molecule has 4 heteroatoms. The van der Waals surface area contributed by atoms with Crippen molar-refractivity contribution >= 4 is 5.91 Å². The van der Waals surface area contributed by atoms with Crippen LogP contribution in [0, 0.1) is 11.8 Å². The van der Waals surface area contributed by atoms with Gasteiger partial charge in [-0.1, -0.05) is 6.92 Å². The molecule has 2 saturated heterocycles. The Labute approximate surface area is 116 Å². The third-order valence-electron chi connectivity index (χ3n) is 4.82. The van der Waals surface area contributed by atoms with Gasteiger partial charge in [0, 0.05) is 19.1 Å². The molecule has 0 radical (unpaired) electrons. The van der Waals surface area contributed by atoms with E-state index in [-0.39, 0.29) is 24.0 Å². The molecular formula is C15H28N2O2. The summed E-state index contributed by atoms with van der Waals surface area (Å²) in [5.41, 5.74) is 0. The highest BCUT2D eigenvalue weighted by atomic mass is 16.5. The monoisotopic (exact) mass is 268 g/mol. The first kappa shape index (κ1) is 14.8. The molecule has 0 saturated carbocycles. The second kappa shape index (κ2) is 6.23. The number of amides is 1. The molecule has 0 aromatic heterocycles. The quantitative estimate of drug-likeness (QED) is 0.843. The number of ether oxygens (including phenoxy) is 1. The van der Waals surface area contributed by atoms with Gasteiger partial charge in [-0.05, 0) is 46.1 Å². The van der Waals surface area contributed by atoms with Gasteiger partial charge < -0.3 is 15.0 Å². The Balaban J connectivity index is 1.99. The lowest BCUT2D eigenvalue weighted by Gasteiger charge is -2.29. The van der Waals surface area contributed by atoms with Gasteiger partial charge in [0.15, 0.2) is 0 Å². The van der Waals surface area contributed by atoms with Crippen LogP contribution in [0.25, 0.3) is 0 Å². The molecule has 2 aliphatic rings. The maximum absolute atomic E-state index is 12.7. The highest BCUT2D eigenvalue weighted by molar-refractivity contribution is 5.80. The number of nitrogens with zero attached hydrogens (tertiary/aromatic N) is 1. The predicted molar refractivity (Wildman–Crippen MR) is 75.9 cm³/mol. The Morgan fingerprint density at radius 1 is 1.32 bits per heavy atom. The molecule has 0 aromatic carbocycles. The Morgan fingerprint density at radius 3 is 2.53 bits per heavy atom. The normalized spacial score (nSPS) is 38.6. The lowest BCUT2D eigenvalue weighted by molar-refractivity contribution is -0.138. The number of carbonyl (C=O) groups is 1. The van der Waals surface area contributed by atoms with Crippen LogP contribution in [-0.4, -0.2) is 48.7 Å². The highest BCUT2D eigenvalue weighted by Gasteiger charge is 2.43. The summed E-state index contributed by atoms with van der Waals surface area (Å²) in [7, 11) is 0. The molecule has 0 aliphatic carbocycles. The summed E-state index contributed by atoms with van der Waals surface area (Å²) in [5, 5.41) is 3.47. The molecule has 1 N–H and O–H groups in total. The Hall–Kier alpha value is -0.610. The van der Waals surface area contributed by atoms with Gasteiger partial charge in [-0.25, -0.2) is 0 Å². The van der Waals surface area contributed by atoms with Gasteiger partial charge in [-0.3, -0.25) is 4.79 Å². The topological polar surface area (TPSA) is 41.6 Å². The number of hydrogen-bond acceptors (Lipinski definition) is 3. The number of rotatable bonds is 4. The molecule has 0 bridgehead atoms. The van der Waals surface area contributed by atoms with E-state index in [1.807, 2.05) is 11.8 Å². The predicted octanol–water partition coefficient (Wildman–Crippen LogP) is 1.65. The molecule has 2 aliphatic heterocycles. The van der Waals surface area contributed by atoms with E-state index in [0.29, 0.717) is 12.0 Å². The zero-order valence-electron chi connectivity index (χ0n) is 12.7. The van der Waals surface area contributed by atoms with Crippen LogP contribution < -0.4 is 5.32 Å². The summed E-state index contributed by atoms with van der Waals surface area (Å²) in [6.45, 7) is 11.0. The fourth-order valence-electron chi connectivity index (χ4n) is 3.46. The molecule has 2 fully saturated rings. The second-order valence-corrected chi connectivity index (χ2v) is 6.10. The molecule has 1 amide bonds. The summed E-state index contributed by atoms with van der Waals surface area (Å²) in [4.78, 5) is 14.8. The van der Waals surface area contributed by atoms with Crippen molar-refractivity contribution in [2.75, 3.05) is 19.6 Å². The minimum absolute atomic E-state index is 0.0244. The fraction of sp³-hybridized carbons (Fsp3) is 0.933. The van der Waals surface area contributed by atoms with Crippen LogP contribution in [0.1, 0.15) is 40.5 Å². The maximum atomic E-state index is 12.7. The average Bonchev–Trinajstić information content (AvgIpc) is 2.96. The molecule has 0 spiro atoms. The zero-order chi connectivity index (χ0) is 14.0. The van der Waals surface area contributed by atoms with Gasteiger partial charge in [0.1, 0.15) is 0 Å². The largest absolute Gasteiger partial charge is 0.374 e. The lowest BCUT2D eigenvalue weighted by Crippen LogP contribution is -2.46. The smallest absolute Gasteiger partial charge is 0.228 e. The van der Waals surface area contributed by atoms with Crippen molar-refractivity contribution in [1.29, 1.82) is 0 Å². The van der Waals surface area contributed by atoms with Crippen molar-refractivity contribution < 1.29 is 9.53 Å². The SMILES string of the molecule is CCN(CC1CCCN1)C(=O)C1C(C)OC(C)C1C. The van der Waals surface area contributed by atoms with Gasteiger partial charge in [-0.15, -0.1) is 0 Å². The van der Waals surface area contributed by atoms with Crippen molar-refractivity contribution in [3.05, 3.63) is 0 Å². The van der Waals surface area contributed by atoms with Gasteiger partial charge in [0.25, 0.3) is 0 Å². The van der Waals surface area contributed by atoms with Gasteiger partial charge >= 0.3 is 0 Å². The third kappa shape index (κ3) is 3.11. The first-order valence-corrected chi connectivity index (χ1v) is 7.72. The molecule has 4 nitrogen and oxygen atoms in total. The first-order chi connectivity index (χ1) is 9.04. The van der Waals surface area contributed by atoms with Crippen molar-refractivity contribution in [2.24, 2.45) is 11.8 Å². The summed E-state index contributed by atoms with van der Waals surface area (Å²) in [6.07, 6.45) is 2.65. The first-order valence-electron chi connectivity index (χ1n) is 7.72. The summed E-state index contributed by atoms with van der Waals surface area (Å²) < 4.78 is 5.81. The molecule has 5 atom stereocenters. The van der Waals surface area contributed by atoms with Crippen LogP contribution in [0.15, 0.2) is 0 Å². The van der Waals surface area contributed by atoms with Crippen LogP contribution in [0.2, 0.25) is 0 Å². The second-order valence-electron chi connectivity index (χ2n) is 6.10. The average molecular weight is 268 g/mol. The van der Waals surface area contributed by atoms with E-state index >= 15 is 0 Å². The summed E-state index contributed by atoms with van der Waals surface area (Å²) in [6, 6.07) is 0.481. The maximum Gasteiger partial charge on any atom is 0.228 e. The van der Waals surface area contributed by atoms with Crippen LogP contribution in [0.5, 0.6) is 0 Å². The molecule has 2 heterocycles. The van der Waals surface area contributed by atoms with E-state index in [0.717, 1.165) is 19.6 Å². The van der Waals surface area contributed by atoms with E-state index in [1.54, 1.807) is 0 Å². The molecular weight excluding hydrogens is 240 g/mol. The third-order valence-corrected chi connectivity index (χ3v) is 4.82. The van der Waals surface area contributed by atoms with Gasteiger partial charge in [-0.2, -0.15) is 0 Å². The summed E-state index contributed by atoms with van der Waals surface area (Å²) in [5.74, 6) is 0.616. The van der Waals surface area contributed by atoms with Crippen LogP contribution in [0.4, 0.5) is 0 Å². The molecule has 5 unspecified atom stereocenters. The van der Waals surface area contributed by atoms with E-state index in [9.17, 15) is 4.79 Å². The minimum atomic E-state index is 0.0244. The summed E-state index contributed by atoms with van der Waals surface area (Å²) >= 11 is 0. The van der Waals surface area contributed by atoms with Crippen molar-refractivity contribution in [1.82, 2.24) is 10.2 Å². The van der Waals surface area contributed by atoms with E-state index in [1.165, 1.54) is 12.8 Å². The number of nitrogens with one attached hydrogen (secondary N) is 1. The number of hydrogen-bond donors (Lipinski definition) is 1. The molecule has 2 rings (SSSR count). The standard InChI is InChI=1S/C15H28N2O2/c1-5-17(9-13-7-6-8-16-13)15(18)14-10(2)11(3)19-12(14)4/h10-14,16H,5-9H2,1-4H3. The minimum Gasteiger partial charge on any atom is -0.374 e. The number of likely N-dealkylation sites (N-methyl/N-ethyl adjacent to an activating group) is 1. The molecule has 0 aromatic rings. The Kier molecular flexibility index (Phi) is 4.85. The van der Waals surface area contributed by atoms with E-state index in [2.05, 4.69) is 26.1 Å².